The zero-order chi connectivity index (χ0) is 104. The van der Waals surface area contributed by atoms with Crippen molar-refractivity contribution in [3.63, 3.8) is 0 Å². The summed E-state index contributed by atoms with van der Waals surface area (Å²) in [4.78, 5) is 84.3. The summed E-state index contributed by atoms with van der Waals surface area (Å²) < 4.78 is 216. The largest absolute Gasteiger partial charge is 0.349 e. The topological polar surface area (TPSA) is 128 Å². The molecule has 0 aliphatic heterocycles. The lowest BCUT2D eigenvalue weighted by atomic mass is 9.72. The van der Waals surface area contributed by atoms with Crippen LogP contribution in [0.3, 0.4) is 0 Å². The van der Waals surface area contributed by atoms with E-state index >= 15 is 52.7 Å². The first kappa shape index (κ1) is 102. The molecule has 5 amide bonds. The van der Waals surface area contributed by atoms with Crippen molar-refractivity contribution in [3.05, 3.63) is 249 Å². The molecule has 19 aromatic carbocycles. The van der Waals surface area contributed by atoms with Gasteiger partial charge in [-0.2, -0.15) is 0 Å². The van der Waals surface area contributed by atoms with Crippen LogP contribution in [-0.2, 0) is 67.3 Å². The number of fused-ring (bicyclic) bond motifs is 6. The monoisotopic (exact) mass is 2000 g/mol. The van der Waals surface area contributed by atoms with E-state index in [0.717, 1.165) is 72.8 Å². The third kappa shape index (κ3) is 19.3. The highest BCUT2D eigenvalue weighted by atomic mass is 19.2. The smallest absolute Gasteiger partial charge is 0.245 e. The molecule has 0 atom stereocenters. The van der Waals surface area contributed by atoms with E-state index < -0.39 is 75.7 Å². The fraction of sp³-hybridized carbons (Fsp3) is 0.315. The molecule has 754 valence electrons. The first-order valence-electron chi connectivity index (χ1n) is 51.1. The number of benzene rings is 19. The molecule has 23 heteroatoms. The van der Waals surface area contributed by atoms with Gasteiger partial charge in [0.05, 0.1) is 0 Å². The molecule has 0 unspecified atom stereocenters. The Morgan fingerprint density at radius 2 is 0.361 bits per heavy atom. The van der Waals surface area contributed by atoms with Gasteiger partial charge < -0.3 is 24.4 Å². The molecular weight excluding hydrogens is 1880 g/mol. The Kier molecular flexibility index (Phi) is 28.8. The van der Waals surface area contributed by atoms with Gasteiger partial charge in [0.15, 0.2) is 0 Å². The fourth-order valence-electron chi connectivity index (χ4n) is 22.9. The summed E-state index contributed by atoms with van der Waals surface area (Å²) in [5.41, 5.74) is -0.365. The van der Waals surface area contributed by atoms with Crippen LogP contribution >= 0.6 is 0 Å². The van der Waals surface area contributed by atoms with Gasteiger partial charge >= 0.3 is 0 Å². The zero-order valence-electron chi connectivity index (χ0n) is 84.0. The van der Waals surface area contributed by atoms with Crippen molar-refractivity contribution in [2.75, 3.05) is 56.4 Å². The van der Waals surface area contributed by atoms with E-state index in [2.05, 4.69) is 11.7 Å². The second-order valence-corrected chi connectivity index (χ2v) is 41.2. The Labute approximate surface area is 844 Å². The van der Waals surface area contributed by atoms with Crippen LogP contribution < -0.4 is 0 Å². The summed E-state index contributed by atoms with van der Waals surface area (Å²) in [6, 6.07) is 34.3. The van der Waals surface area contributed by atoms with Crippen molar-refractivity contribution in [1.29, 1.82) is 0 Å². The van der Waals surface area contributed by atoms with E-state index in [1.165, 1.54) is 26.5 Å². The van der Waals surface area contributed by atoms with Gasteiger partial charge in [-0.15, -0.1) is 0 Å². The predicted octanol–water partition coefficient (Wildman–Crippen LogP) is 31.6. The molecule has 0 saturated heterocycles. The van der Waals surface area contributed by atoms with Gasteiger partial charge in [-0.3, -0.25) is 24.0 Å². The average Bonchev–Trinajstić information content (AvgIpc) is 0.638. The molecule has 147 heavy (non-hydrogen) atoms. The van der Waals surface area contributed by atoms with E-state index in [0.29, 0.717) is 251 Å². The molecule has 0 aromatic heterocycles. The lowest BCUT2D eigenvalue weighted by Crippen LogP contribution is -2.21. The molecule has 0 heterocycles. The molecule has 0 bridgehead atoms. The molecule has 0 radical (unpaired) electrons. The number of carbonyl (C=O) groups excluding carboxylic acids is 6. The number of halogens is 12. The molecule has 0 aliphatic carbocycles. The first-order chi connectivity index (χ1) is 70.5. The highest BCUT2D eigenvalue weighted by Crippen LogP contribution is 2.63. The Bertz CT molecular complexity index is 7350. The number of carbonyl (C=O) groups is 6. The summed E-state index contributed by atoms with van der Waals surface area (Å²) in [5, 5.41) is 10.6. The molecule has 19 rings (SSSR count). The number of aryl methyl sites for hydroxylation is 6. The minimum Gasteiger partial charge on any atom is -0.349 e. The number of nitrogens with zero attached hydrogens (tertiary/aromatic N) is 5. The predicted molar refractivity (Wildman–Crippen MR) is 569 cm³/mol. The Morgan fingerprint density at radius 1 is 0.204 bits per heavy atom. The molecule has 0 fully saturated rings. The Morgan fingerprint density at radius 3 is 0.510 bits per heavy atom. The van der Waals surface area contributed by atoms with Crippen LogP contribution in [0.2, 0.25) is 0 Å². The number of Topliss-reactive ketones (excluding diaryl/α,β-unsaturated/α-hetero) is 1. The van der Waals surface area contributed by atoms with Crippen LogP contribution in [0, 0.1) is 69.8 Å². The zero-order valence-corrected chi connectivity index (χ0v) is 84.0. The SMILES string of the molecule is C=NC(=O)CCCCCc1cc(F)c(-c2cc3c4cc(-c5cc(F)c(CCCCCC(=O)N(C)C)cc5F)cc5c6cc(-c7cc(F)c(CCCCCC(C)=O)cc7F)cc7c8cc(-c9cc(F)c(CCCCCC(=O)N(C)C)cc9F)cc9c%10cc(-c%11cc(F)c(CCCCCC(=O)N(C)C)cc%11F)cc%11c%12cc(-c%13cc(F)c(CCCCCC(=O)N(C)C)cc%13F)cc%13c(c2)c3c2c(c54)c(c67)c(c89)c(c%10%11)c2c%13%12)cc1F. The van der Waals surface area contributed by atoms with Crippen molar-refractivity contribution >= 4 is 171 Å². The van der Waals surface area contributed by atoms with Gasteiger partial charge in [-0.25, -0.2) is 57.7 Å². The number of hydrogen-bond acceptors (Lipinski definition) is 6. The second-order valence-electron chi connectivity index (χ2n) is 41.2. The average molecular weight is 2000 g/mol. The molecule has 0 aliphatic rings. The minimum atomic E-state index is -0.851. The highest BCUT2D eigenvalue weighted by Gasteiger charge is 2.36. The second kappa shape index (κ2) is 41.7. The van der Waals surface area contributed by atoms with Crippen molar-refractivity contribution in [2.24, 2.45) is 4.99 Å². The van der Waals surface area contributed by atoms with E-state index in [1.807, 2.05) is 0 Å². The maximum absolute atomic E-state index is 18.4. The minimum absolute atomic E-state index is 0.0105. The number of hydrogen-bond donors (Lipinski definition) is 0. The number of amides is 5. The molecule has 0 saturated carbocycles. The van der Waals surface area contributed by atoms with E-state index in [1.54, 1.807) is 129 Å². The lowest BCUT2D eigenvalue weighted by Gasteiger charge is -2.30. The quantitative estimate of drug-likeness (QED) is 0.0123. The van der Waals surface area contributed by atoms with Gasteiger partial charge in [-0.05, 0) is 471 Å². The third-order valence-corrected chi connectivity index (χ3v) is 30.6. The molecule has 19 aromatic rings. The molecule has 0 N–H and O–H groups in total. The Hall–Kier alpha value is -14.1. The molecule has 0 spiro atoms. The van der Waals surface area contributed by atoms with Gasteiger partial charge in [0.25, 0.3) is 0 Å². The maximum Gasteiger partial charge on any atom is 0.245 e. The highest BCUT2D eigenvalue weighted by molar-refractivity contribution is 6.62. The van der Waals surface area contributed by atoms with Crippen LogP contribution in [-0.4, -0.2) is 118 Å². The van der Waals surface area contributed by atoms with Crippen LogP contribution in [0.1, 0.15) is 194 Å². The number of unbranched alkanes of at least 4 members (excludes halogenated alkanes) is 12. The number of rotatable bonds is 42. The third-order valence-electron chi connectivity index (χ3n) is 30.6. The summed E-state index contributed by atoms with van der Waals surface area (Å²) in [6.07, 6.45) is 10.3. The number of aliphatic imine (C=N–C) groups is 1. The van der Waals surface area contributed by atoms with Crippen LogP contribution in [0.25, 0.3) is 196 Å². The van der Waals surface area contributed by atoms with E-state index in [-0.39, 0.29) is 200 Å². The standard InChI is InChI=1S/C124H113F12N5O6/c1-65(142)29-17-11-18-30-66-53-102(131)78(59-96(66)125)72-41-84-88-45-74(80-61-98(127)68(55-104(80)133)32-20-13-25-37-109(144)138(3)4)47-90-86-43-73(79-60-97(126)67(54-103(79)132)31-19-12-24-36-108(143)137-2)44-87-91-48-76(82-63-100(129)70(57-106(82)135)34-22-15-27-39-111(146)140(7)8)50-93-95-52-77(83-64-101(130)71(58-107(83)136)35-23-16-28-40-112(147)141(9)10)51-94-92-49-75(81-62-99(128)69(56-105(81)134)33-21-14-26-38-110(145)139(5)6)46-89-85(42-72)113(84)119-121(115(88)90)120(114(86)87)123(117(91)93)124(118(94)95)122(119)116(89)92/h41-64H,2,11-40H2,1,3-10H3. The van der Waals surface area contributed by atoms with E-state index in [4.69, 9.17) is 0 Å². The number of ketones is 1. The van der Waals surface area contributed by atoms with Crippen LogP contribution in [0.4, 0.5) is 52.7 Å². The summed E-state index contributed by atoms with van der Waals surface area (Å²) >= 11 is 0. The van der Waals surface area contributed by atoms with Crippen molar-refractivity contribution in [3.8, 4) is 66.8 Å². The normalized spacial score (nSPS) is 12.2. The van der Waals surface area contributed by atoms with Gasteiger partial charge in [0, 0.05) is 128 Å². The summed E-state index contributed by atoms with van der Waals surface area (Å²) in [7, 11) is 13.2. The fourth-order valence-corrected chi connectivity index (χ4v) is 22.9. The van der Waals surface area contributed by atoms with Crippen LogP contribution in [0.15, 0.2) is 151 Å². The van der Waals surface area contributed by atoms with Crippen molar-refractivity contribution in [2.45, 2.75) is 200 Å². The van der Waals surface area contributed by atoms with Gasteiger partial charge in [-0.1, -0.05) is 38.5 Å². The maximum atomic E-state index is 18.4. The van der Waals surface area contributed by atoms with Gasteiger partial charge in [0.2, 0.25) is 29.5 Å². The van der Waals surface area contributed by atoms with Crippen molar-refractivity contribution < 1.29 is 81.5 Å². The molecular formula is C124H113F12N5O6. The van der Waals surface area contributed by atoms with Crippen LogP contribution in [0.5, 0.6) is 0 Å². The first-order valence-corrected chi connectivity index (χ1v) is 51.1. The Balaban J connectivity index is 0.965. The summed E-state index contributed by atoms with van der Waals surface area (Å²) in [6.45, 7) is 4.82. The lowest BCUT2D eigenvalue weighted by molar-refractivity contribution is -0.129. The molecule has 11 nitrogen and oxygen atoms in total. The van der Waals surface area contributed by atoms with Crippen molar-refractivity contribution in [1.82, 2.24) is 19.6 Å². The van der Waals surface area contributed by atoms with E-state index in [9.17, 15) is 28.8 Å². The van der Waals surface area contributed by atoms with Gasteiger partial charge in [0.1, 0.15) is 75.6 Å². The summed E-state index contributed by atoms with van der Waals surface area (Å²) in [5.74, 6) is -10.3.